The van der Waals surface area contributed by atoms with Gasteiger partial charge in [0.15, 0.2) is 0 Å². The number of methoxy groups -OCH3 is 1. The number of amides is 2. The lowest BCUT2D eigenvalue weighted by atomic mass is 10.1. The van der Waals surface area contributed by atoms with E-state index >= 15 is 0 Å². The fourth-order valence-electron chi connectivity index (χ4n) is 3.64. The summed E-state index contributed by atoms with van der Waals surface area (Å²) in [6.07, 6.45) is 0.252. The lowest BCUT2D eigenvalue weighted by Gasteiger charge is -2.14. The Morgan fingerprint density at radius 1 is 1.21 bits per heavy atom. The Morgan fingerprint density at radius 2 is 1.97 bits per heavy atom. The molecule has 1 aromatic carbocycles. The van der Waals surface area contributed by atoms with Gasteiger partial charge in [-0.25, -0.2) is 14.1 Å². The van der Waals surface area contributed by atoms with E-state index in [0.29, 0.717) is 36.8 Å². The third-order valence-electron chi connectivity index (χ3n) is 5.33. The molecule has 0 spiro atoms. The lowest BCUT2D eigenvalue weighted by Crippen LogP contribution is -2.26. The third kappa shape index (κ3) is 4.72. The molecule has 1 aliphatic heterocycles. The van der Waals surface area contributed by atoms with Gasteiger partial charge in [0.2, 0.25) is 11.7 Å². The quantitative estimate of drug-likeness (QED) is 0.585. The lowest BCUT2D eigenvalue weighted by molar-refractivity contribution is -0.132. The number of fused-ring (bicyclic) bond motifs is 1. The fourth-order valence-corrected chi connectivity index (χ4v) is 3.64. The minimum Gasteiger partial charge on any atom is -0.384 e. The number of halogens is 1. The standard InChI is InChI=1S/C22H24FN7O3/c1-13(2)30-21(26-27-28-30)18-5-4-6-19(24-18)25-22(32)16-9-14-11-29(20(31)7-8-33-3)12-15(14)10-17(16)23/h4-6,9-10,13H,7-8,11-12H2,1-3H3,(H,24,25,32). The van der Waals surface area contributed by atoms with E-state index in [1.807, 2.05) is 13.8 Å². The molecule has 0 aliphatic carbocycles. The van der Waals surface area contributed by atoms with Crippen LogP contribution in [0.2, 0.25) is 0 Å². The van der Waals surface area contributed by atoms with Gasteiger partial charge in [0, 0.05) is 20.2 Å². The third-order valence-corrected chi connectivity index (χ3v) is 5.33. The van der Waals surface area contributed by atoms with Gasteiger partial charge in [0.1, 0.15) is 17.3 Å². The molecule has 33 heavy (non-hydrogen) atoms. The van der Waals surface area contributed by atoms with Crippen LogP contribution >= 0.6 is 0 Å². The summed E-state index contributed by atoms with van der Waals surface area (Å²) in [5, 5.41) is 14.3. The van der Waals surface area contributed by atoms with Gasteiger partial charge < -0.3 is 15.0 Å². The van der Waals surface area contributed by atoms with Crippen LogP contribution in [0, 0.1) is 5.82 Å². The maximum atomic E-state index is 14.7. The molecule has 172 valence electrons. The summed E-state index contributed by atoms with van der Waals surface area (Å²) in [4.78, 5) is 31.1. The zero-order valence-electron chi connectivity index (χ0n) is 18.6. The molecule has 0 saturated carbocycles. The molecule has 1 aliphatic rings. The number of ether oxygens (including phenoxy) is 1. The summed E-state index contributed by atoms with van der Waals surface area (Å²) in [6.45, 7) is 4.83. The predicted molar refractivity (Wildman–Crippen MR) is 117 cm³/mol. The molecular weight excluding hydrogens is 429 g/mol. The molecular formula is C22H24FN7O3. The molecule has 0 bridgehead atoms. The molecule has 1 N–H and O–H groups in total. The second kappa shape index (κ2) is 9.41. The first-order chi connectivity index (χ1) is 15.9. The molecule has 2 aromatic heterocycles. The smallest absolute Gasteiger partial charge is 0.259 e. The van der Waals surface area contributed by atoms with Crippen LogP contribution in [0.5, 0.6) is 0 Å². The number of benzene rings is 1. The number of nitrogens with zero attached hydrogens (tertiary/aromatic N) is 6. The maximum Gasteiger partial charge on any atom is 0.259 e. The Hall–Kier alpha value is -3.73. The molecule has 10 nitrogen and oxygen atoms in total. The zero-order valence-corrected chi connectivity index (χ0v) is 18.6. The van der Waals surface area contributed by atoms with Crippen LogP contribution in [0.15, 0.2) is 30.3 Å². The largest absolute Gasteiger partial charge is 0.384 e. The normalized spacial score (nSPS) is 12.8. The molecule has 0 radical (unpaired) electrons. The van der Waals surface area contributed by atoms with Crippen LogP contribution in [0.4, 0.5) is 10.2 Å². The molecule has 0 saturated heterocycles. The van der Waals surface area contributed by atoms with Crippen molar-refractivity contribution in [3.63, 3.8) is 0 Å². The topological polar surface area (TPSA) is 115 Å². The van der Waals surface area contributed by atoms with Crippen molar-refractivity contribution >= 4 is 17.6 Å². The van der Waals surface area contributed by atoms with Crippen LogP contribution in [0.25, 0.3) is 11.5 Å². The first kappa shape index (κ1) is 22.5. The van der Waals surface area contributed by atoms with Crippen molar-refractivity contribution in [3.05, 3.63) is 52.8 Å². The van der Waals surface area contributed by atoms with Gasteiger partial charge in [-0.3, -0.25) is 9.59 Å². The Balaban J connectivity index is 1.51. The van der Waals surface area contributed by atoms with E-state index in [0.717, 1.165) is 5.56 Å². The van der Waals surface area contributed by atoms with Gasteiger partial charge in [-0.05, 0) is 59.7 Å². The van der Waals surface area contributed by atoms with Crippen molar-refractivity contribution in [2.75, 3.05) is 19.0 Å². The summed E-state index contributed by atoms with van der Waals surface area (Å²) in [5.74, 6) is -0.663. The average Bonchev–Trinajstić information content (AvgIpc) is 3.44. The maximum absolute atomic E-state index is 14.7. The number of nitrogens with one attached hydrogen (secondary N) is 1. The van der Waals surface area contributed by atoms with E-state index < -0.39 is 11.7 Å². The monoisotopic (exact) mass is 453 g/mol. The van der Waals surface area contributed by atoms with Gasteiger partial charge in [-0.2, -0.15) is 0 Å². The van der Waals surface area contributed by atoms with Crippen molar-refractivity contribution < 1.29 is 18.7 Å². The van der Waals surface area contributed by atoms with Crippen LogP contribution in [0.3, 0.4) is 0 Å². The number of hydrogen-bond donors (Lipinski definition) is 1. The molecule has 3 aromatic rings. The first-order valence-electron chi connectivity index (χ1n) is 10.5. The van der Waals surface area contributed by atoms with Crippen LogP contribution in [-0.2, 0) is 22.6 Å². The fraction of sp³-hybridized carbons (Fsp3) is 0.364. The summed E-state index contributed by atoms with van der Waals surface area (Å²) in [6, 6.07) is 7.87. The van der Waals surface area contributed by atoms with Crippen molar-refractivity contribution in [1.29, 1.82) is 0 Å². The number of carbonyl (C=O) groups excluding carboxylic acids is 2. The highest BCUT2D eigenvalue weighted by molar-refractivity contribution is 6.04. The van der Waals surface area contributed by atoms with E-state index in [2.05, 4.69) is 25.8 Å². The van der Waals surface area contributed by atoms with Gasteiger partial charge in [-0.1, -0.05) is 6.07 Å². The van der Waals surface area contributed by atoms with Crippen molar-refractivity contribution in [1.82, 2.24) is 30.1 Å². The summed E-state index contributed by atoms with van der Waals surface area (Å²) in [5.41, 5.74) is 1.80. The van der Waals surface area contributed by atoms with E-state index in [1.165, 1.54) is 19.2 Å². The molecule has 0 atom stereocenters. The SMILES string of the molecule is COCCC(=O)N1Cc2cc(F)c(C(=O)Nc3cccc(-c4nnnn4C(C)C)n3)cc2C1. The van der Waals surface area contributed by atoms with E-state index in [4.69, 9.17) is 4.74 Å². The number of hydrogen-bond acceptors (Lipinski definition) is 7. The number of carbonyl (C=O) groups is 2. The van der Waals surface area contributed by atoms with Crippen molar-refractivity contribution in [2.45, 2.75) is 39.4 Å². The molecule has 4 rings (SSSR count). The average molecular weight is 453 g/mol. The minimum absolute atomic E-state index is 0.0245. The second-order valence-corrected chi connectivity index (χ2v) is 8.00. The van der Waals surface area contributed by atoms with Gasteiger partial charge >= 0.3 is 0 Å². The Morgan fingerprint density at radius 3 is 2.70 bits per heavy atom. The number of pyridine rings is 1. The summed E-state index contributed by atoms with van der Waals surface area (Å²) >= 11 is 0. The number of rotatable bonds is 7. The molecule has 0 unspecified atom stereocenters. The first-order valence-corrected chi connectivity index (χ1v) is 10.5. The van der Waals surface area contributed by atoms with Crippen LogP contribution in [0.1, 0.15) is 47.8 Å². The number of aromatic nitrogens is 5. The Labute approximate surface area is 189 Å². The number of anilines is 1. The van der Waals surface area contributed by atoms with Crippen molar-refractivity contribution in [3.8, 4) is 11.5 Å². The van der Waals surface area contributed by atoms with E-state index in [9.17, 15) is 14.0 Å². The van der Waals surface area contributed by atoms with Gasteiger partial charge in [0.05, 0.1) is 24.6 Å². The van der Waals surface area contributed by atoms with Crippen LogP contribution < -0.4 is 5.32 Å². The highest BCUT2D eigenvalue weighted by atomic mass is 19.1. The summed E-state index contributed by atoms with van der Waals surface area (Å²) in [7, 11) is 1.53. The van der Waals surface area contributed by atoms with Gasteiger partial charge in [0.25, 0.3) is 5.91 Å². The molecule has 0 fully saturated rings. The molecule has 11 heteroatoms. The van der Waals surface area contributed by atoms with E-state index in [-0.39, 0.29) is 29.8 Å². The highest BCUT2D eigenvalue weighted by Gasteiger charge is 2.26. The zero-order chi connectivity index (χ0) is 23.5. The Kier molecular flexibility index (Phi) is 6.40. The second-order valence-electron chi connectivity index (χ2n) is 8.00. The summed E-state index contributed by atoms with van der Waals surface area (Å²) < 4.78 is 21.3. The van der Waals surface area contributed by atoms with E-state index in [1.54, 1.807) is 27.8 Å². The minimum atomic E-state index is -0.655. The van der Waals surface area contributed by atoms with Gasteiger partial charge in [-0.15, -0.1) is 5.10 Å². The highest BCUT2D eigenvalue weighted by Crippen LogP contribution is 2.27. The number of tetrazole rings is 1. The molecule has 3 heterocycles. The Bertz CT molecular complexity index is 1190. The van der Waals surface area contributed by atoms with Crippen LogP contribution in [-0.4, -0.2) is 55.6 Å². The predicted octanol–water partition coefficient (Wildman–Crippen LogP) is 2.59. The molecule has 2 amide bonds. The van der Waals surface area contributed by atoms with Crippen molar-refractivity contribution in [2.24, 2.45) is 0 Å².